The van der Waals surface area contributed by atoms with Crippen LogP contribution in [0.15, 0.2) is 48.5 Å². The van der Waals surface area contributed by atoms with Gasteiger partial charge < -0.3 is 10.2 Å². The maximum absolute atomic E-state index is 12.8. The molecule has 0 spiro atoms. The Balaban J connectivity index is 1.58. The minimum atomic E-state index is -3.35. The number of carbonyl (C=O) groups excluding carboxylic acids is 2. The zero-order valence-electron chi connectivity index (χ0n) is 17.9. The van der Waals surface area contributed by atoms with E-state index in [0.717, 1.165) is 18.4 Å². The number of likely N-dealkylation sites (tertiary alicyclic amines) is 1. The number of benzene rings is 2. The number of rotatable bonds is 7. The maximum atomic E-state index is 12.8. The first kappa shape index (κ1) is 22.8. The van der Waals surface area contributed by atoms with Gasteiger partial charge in [-0.05, 0) is 62.6 Å². The maximum Gasteiger partial charge on any atom is 0.253 e. The Bertz CT molecular complexity index is 1020. The molecule has 2 N–H and O–H groups in total. The number of piperidine rings is 1. The molecule has 1 aliphatic heterocycles. The molecule has 1 fully saturated rings. The van der Waals surface area contributed by atoms with Crippen LogP contribution in [0, 0.1) is 12.8 Å². The highest BCUT2D eigenvalue weighted by molar-refractivity contribution is 7.92. The van der Waals surface area contributed by atoms with Crippen molar-refractivity contribution in [1.29, 1.82) is 0 Å². The van der Waals surface area contributed by atoms with Crippen molar-refractivity contribution in [1.82, 2.24) is 4.90 Å². The van der Waals surface area contributed by atoms with Crippen molar-refractivity contribution in [2.75, 3.05) is 28.9 Å². The van der Waals surface area contributed by atoms with E-state index < -0.39 is 10.0 Å². The van der Waals surface area contributed by atoms with Crippen LogP contribution in [0.2, 0.25) is 0 Å². The topological polar surface area (TPSA) is 95.6 Å². The van der Waals surface area contributed by atoms with Crippen LogP contribution < -0.4 is 10.0 Å². The lowest BCUT2D eigenvalue weighted by atomic mass is 9.96. The van der Waals surface area contributed by atoms with Crippen LogP contribution in [0.4, 0.5) is 11.4 Å². The number of amides is 2. The molecule has 0 radical (unpaired) electrons. The number of nitrogens with one attached hydrogen (secondary N) is 2. The summed E-state index contributed by atoms with van der Waals surface area (Å²) in [6, 6.07) is 14.0. The molecule has 8 heteroatoms. The largest absolute Gasteiger partial charge is 0.338 e. The standard InChI is InChI=1S/C23H29N3O4S/c1-3-15-31(29,30)25-21-12-10-20(11-13-21)24-22(27)19-5-4-14-26(16-19)23(28)18-8-6-17(2)7-9-18/h6-13,19,25H,3-5,14-16H2,1-2H3,(H,24,27). The van der Waals surface area contributed by atoms with Gasteiger partial charge in [-0.2, -0.15) is 0 Å². The molecule has 2 amide bonds. The fourth-order valence-corrected chi connectivity index (χ4v) is 4.75. The second-order valence-electron chi connectivity index (χ2n) is 7.94. The normalized spacial score (nSPS) is 16.6. The third kappa shape index (κ3) is 6.30. The lowest BCUT2D eigenvalue weighted by Crippen LogP contribution is -2.43. The number of sulfonamides is 1. The zero-order chi connectivity index (χ0) is 22.4. The first-order valence-electron chi connectivity index (χ1n) is 10.5. The van der Waals surface area contributed by atoms with E-state index in [9.17, 15) is 18.0 Å². The van der Waals surface area contributed by atoms with Gasteiger partial charge in [-0.3, -0.25) is 14.3 Å². The summed E-state index contributed by atoms with van der Waals surface area (Å²) in [5.74, 6) is -0.418. The molecule has 1 unspecified atom stereocenters. The summed E-state index contributed by atoms with van der Waals surface area (Å²) < 4.78 is 26.2. The van der Waals surface area contributed by atoms with E-state index in [0.29, 0.717) is 36.4 Å². The lowest BCUT2D eigenvalue weighted by molar-refractivity contribution is -0.121. The highest BCUT2D eigenvalue weighted by Crippen LogP contribution is 2.22. The highest BCUT2D eigenvalue weighted by atomic mass is 32.2. The minimum Gasteiger partial charge on any atom is -0.338 e. The van der Waals surface area contributed by atoms with E-state index in [1.807, 2.05) is 31.2 Å². The van der Waals surface area contributed by atoms with Crippen molar-refractivity contribution >= 4 is 33.2 Å². The Morgan fingerprint density at radius 1 is 1.03 bits per heavy atom. The van der Waals surface area contributed by atoms with Gasteiger partial charge in [0.2, 0.25) is 15.9 Å². The zero-order valence-corrected chi connectivity index (χ0v) is 18.7. The van der Waals surface area contributed by atoms with Crippen LogP contribution in [0.3, 0.4) is 0 Å². The third-order valence-corrected chi connectivity index (χ3v) is 6.77. The van der Waals surface area contributed by atoms with Gasteiger partial charge in [0.1, 0.15) is 0 Å². The minimum absolute atomic E-state index is 0.0544. The molecule has 2 aromatic carbocycles. The molecular formula is C23H29N3O4S. The van der Waals surface area contributed by atoms with Gasteiger partial charge >= 0.3 is 0 Å². The first-order valence-corrected chi connectivity index (χ1v) is 12.2. The second-order valence-corrected chi connectivity index (χ2v) is 9.79. The number of nitrogens with zero attached hydrogens (tertiary/aromatic N) is 1. The van der Waals surface area contributed by atoms with Crippen LogP contribution in [0.25, 0.3) is 0 Å². The summed E-state index contributed by atoms with van der Waals surface area (Å²) in [6.07, 6.45) is 2.03. The summed E-state index contributed by atoms with van der Waals surface area (Å²) in [5, 5.41) is 2.88. The van der Waals surface area contributed by atoms with Crippen molar-refractivity contribution in [3.63, 3.8) is 0 Å². The first-order chi connectivity index (χ1) is 14.8. The van der Waals surface area contributed by atoms with E-state index in [-0.39, 0.29) is 23.5 Å². The SMILES string of the molecule is CCCS(=O)(=O)Nc1ccc(NC(=O)C2CCCN(C(=O)c3ccc(C)cc3)C2)cc1. The fraction of sp³-hybridized carbons (Fsp3) is 0.391. The van der Waals surface area contributed by atoms with Gasteiger partial charge in [-0.15, -0.1) is 0 Å². The molecule has 1 atom stereocenters. The Kier molecular flexibility index (Phi) is 7.33. The van der Waals surface area contributed by atoms with Gasteiger partial charge in [-0.1, -0.05) is 24.6 Å². The predicted octanol–water partition coefficient (Wildman–Crippen LogP) is 3.64. The number of carbonyl (C=O) groups is 2. The molecule has 0 saturated carbocycles. The summed E-state index contributed by atoms with van der Waals surface area (Å²) in [5.41, 5.74) is 2.77. The quantitative estimate of drug-likeness (QED) is 0.683. The lowest BCUT2D eigenvalue weighted by Gasteiger charge is -2.32. The summed E-state index contributed by atoms with van der Waals surface area (Å²) in [7, 11) is -3.35. The smallest absolute Gasteiger partial charge is 0.253 e. The average Bonchev–Trinajstić information content (AvgIpc) is 2.75. The van der Waals surface area contributed by atoms with Crippen LogP contribution >= 0.6 is 0 Å². The van der Waals surface area contributed by atoms with E-state index in [2.05, 4.69) is 10.0 Å². The van der Waals surface area contributed by atoms with Crippen molar-refractivity contribution in [2.24, 2.45) is 5.92 Å². The Labute approximate surface area is 183 Å². The van der Waals surface area contributed by atoms with E-state index >= 15 is 0 Å². The Morgan fingerprint density at radius 2 is 1.68 bits per heavy atom. The van der Waals surface area contributed by atoms with E-state index in [1.165, 1.54) is 0 Å². The van der Waals surface area contributed by atoms with Gasteiger partial charge in [0.25, 0.3) is 5.91 Å². The Hall–Kier alpha value is -2.87. The average molecular weight is 444 g/mol. The Morgan fingerprint density at radius 3 is 2.32 bits per heavy atom. The van der Waals surface area contributed by atoms with Crippen LogP contribution in [0.1, 0.15) is 42.1 Å². The summed E-state index contributed by atoms with van der Waals surface area (Å²) in [4.78, 5) is 27.3. The molecule has 2 aromatic rings. The van der Waals surface area contributed by atoms with Crippen molar-refractivity contribution in [3.8, 4) is 0 Å². The van der Waals surface area contributed by atoms with E-state index in [4.69, 9.17) is 0 Å². The molecule has 0 aliphatic carbocycles. The van der Waals surface area contributed by atoms with Crippen LogP contribution in [0.5, 0.6) is 0 Å². The van der Waals surface area contributed by atoms with Gasteiger partial charge in [0.15, 0.2) is 0 Å². The molecule has 0 aromatic heterocycles. The highest BCUT2D eigenvalue weighted by Gasteiger charge is 2.29. The molecule has 1 saturated heterocycles. The number of hydrogen-bond donors (Lipinski definition) is 2. The predicted molar refractivity (Wildman–Crippen MR) is 123 cm³/mol. The van der Waals surface area contributed by atoms with Gasteiger partial charge in [0.05, 0.1) is 11.7 Å². The number of anilines is 2. The molecule has 3 rings (SSSR count). The fourth-order valence-electron chi connectivity index (χ4n) is 3.62. The third-order valence-electron chi connectivity index (χ3n) is 5.28. The van der Waals surface area contributed by atoms with E-state index in [1.54, 1.807) is 36.1 Å². The van der Waals surface area contributed by atoms with Gasteiger partial charge in [-0.25, -0.2) is 8.42 Å². The van der Waals surface area contributed by atoms with Gasteiger partial charge in [0, 0.05) is 30.0 Å². The molecule has 7 nitrogen and oxygen atoms in total. The second kappa shape index (κ2) is 9.96. The van der Waals surface area contributed by atoms with Crippen molar-refractivity contribution in [3.05, 3.63) is 59.7 Å². The summed E-state index contributed by atoms with van der Waals surface area (Å²) in [6.45, 7) is 4.80. The molecule has 1 heterocycles. The number of aryl methyl sites for hydroxylation is 1. The molecule has 0 bridgehead atoms. The van der Waals surface area contributed by atoms with Crippen LogP contribution in [-0.4, -0.2) is 44.0 Å². The number of hydrogen-bond acceptors (Lipinski definition) is 4. The van der Waals surface area contributed by atoms with Crippen molar-refractivity contribution in [2.45, 2.75) is 33.1 Å². The molecular weight excluding hydrogens is 414 g/mol. The molecule has 31 heavy (non-hydrogen) atoms. The summed E-state index contributed by atoms with van der Waals surface area (Å²) >= 11 is 0. The van der Waals surface area contributed by atoms with Crippen LogP contribution in [-0.2, 0) is 14.8 Å². The van der Waals surface area contributed by atoms with Crippen molar-refractivity contribution < 1.29 is 18.0 Å². The molecule has 1 aliphatic rings. The monoisotopic (exact) mass is 443 g/mol. The molecule has 166 valence electrons.